The summed E-state index contributed by atoms with van der Waals surface area (Å²) in [6.45, 7) is 3.68. The normalized spacial score (nSPS) is 31.2. The third kappa shape index (κ3) is 2.69. The lowest BCUT2D eigenvalue weighted by molar-refractivity contribution is -0.145. The number of carbonyl (C=O) groups is 4. The number of amides is 3. The molecule has 0 saturated carbocycles. The van der Waals surface area contributed by atoms with E-state index < -0.39 is 41.2 Å². The molecular weight excluding hydrogens is 398 g/mol. The fourth-order valence-corrected chi connectivity index (χ4v) is 5.11. The molecule has 3 amide bonds. The van der Waals surface area contributed by atoms with Gasteiger partial charge in [0.05, 0.1) is 11.8 Å². The van der Waals surface area contributed by atoms with Gasteiger partial charge >= 0.3 is 5.97 Å². The van der Waals surface area contributed by atoms with Crippen molar-refractivity contribution >= 4 is 41.0 Å². The molecule has 3 heterocycles. The van der Waals surface area contributed by atoms with E-state index in [1.54, 1.807) is 25.1 Å². The standard InChI is InChI=1S/C20H22ClN3O5/c1-3-9(2)24-17(27)15-13(6-7-14(25)26)23-20(16(15)18(24)28)11-8-10(21)4-5-12(11)22-19(20)29/h4-5,8-9,13,15-16,23H,3,6-7H2,1-2H3,(H,22,29)(H,25,26)/t9-,13+,15+,16-,20-/m0/s1. The molecule has 5 atom stereocenters. The van der Waals surface area contributed by atoms with Gasteiger partial charge in [0, 0.05) is 34.8 Å². The lowest BCUT2D eigenvalue weighted by atomic mass is 9.76. The van der Waals surface area contributed by atoms with E-state index in [4.69, 9.17) is 16.7 Å². The summed E-state index contributed by atoms with van der Waals surface area (Å²) in [5.74, 6) is -3.91. The topological polar surface area (TPSA) is 116 Å². The van der Waals surface area contributed by atoms with Crippen LogP contribution in [0.5, 0.6) is 0 Å². The first kappa shape index (κ1) is 19.8. The summed E-state index contributed by atoms with van der Waals surface area (Å²) in [6, 6.07) is 4.01. The minimum absolute atomic E-state index is 0.134. The van der Waals surface area contributed by atoms with Gasteiger partial charge in [0.1, 0.15) is 5.54 Å². The van der Waals surface area contributed by atoms with Gasteiger partial charge in [-0.25, -0.2) is 0 Å². The second kappa shape index (κ2) is 6.81. The fourth-order valence-electron chi connectivity index (χ4n) is 4.94. The molecule has 3 aliphatic rings. The van der Waals surface area contributed by atoms with E-state index in [0.717, 1.165) is 0 Å². The van der Waals surface area contributed by atoms with Crippen LogP contribution in [0.25, 0.3) is 0 Å². The molecule has 9 heteroatoms. The van der Waals surface area contributed by atoms with Crippen molar-refractivity contribution in [2.45, 2.75) is 50.7 Å². The third-order valence-electron chi connectivity index (χ3n) is 6.41. The van der Waals surface area contributed by atoms with Crippen molar-refractivity contribution in [2.75, 3.05) is 5.32 Å². The number of carbonyl (C=O) groups excluding carboxylic acids is 3. The van der Waals surface area contributed by atoms with Crippen molar-refractivity contribution in [3.63, 3.8) is 0 Å². The molecule has 4 rings (SSSR count). The molecule has 0 unspecified atom stereocenters. The molecule has 1 spiro atoms. The number of hydrogen-bond donors (Lipinski definition) is 3. The van der Waals surface area contributed by atoms with E-state index >= 15 is 0 Å². The van der Waals surface area contributed by atoms with Gasteiger partial charge < -0.3 is 10.4 Å². The molecule has 29 heavy (non-hydrogen) atoms. The summed E-state index contributed by atoms with van der Waals surface area (Å²) < 4.78 is 0. The zero-order chi connectivity index (χ0) is 21.1. The van der Waals surface area contributed by atoms with Crippen LogP contribution in [0.15, 0.2) is 18.2 Å². The molecule has 0 bridgehead atoms. The van der Waals surface area contributed by atoms with Crippen LogP contribution in [-0.4, -0.2) is 45.8 Å². The van der Waals surface area contributed by atoms with Crippen LogP contribution in [0.4, 0.5) is 5.69 Å². The Morgan fingerprint density at radius 2 is 2.03 bits per heavy atom. The highest BCUT2D eigenvalue weighted by Gasteiger charge is 2.70. The zero-order valence-electron chi connectivity index (χ0n) is 16.1. The highest BCUT2D eigenvalue weighted by Crippen LogP contribution is 2.54. The number of likely N-dealkylation sites (tertiary alicyclic amines) is 1. The third-order valence-corrected chi connectivity index (χ3v) is 6.65. The molecule has 3 aliphatic heterocycles. The quantitative estimate of drug-likeness (QED) is 0.626. The average molecular weight is 420 g/mol. The Kier molecular flexibility index (Phi) is 4.66. The molecule has 0 aromatic heterocycles. The van der Waals surface area contributed by atoms with E-state index in [1.165, 1.54) is 4.90 Å². The molecule has 154 valence electrons. The number of hydrogen-bond acceptors (Lipinski definition) is 5. The van der Waals surface area contributed by atoms with Crippen molar-refractivity contribution in [2.24, 2.45) is 11.8 Å². The SMILES string of the molecule is CC[C@H](C)N1C(=O)[C@H]2[C@@H](C1=O)[C@]1(N[C@@H]2CCC(=O)O)C(=O)Nc2ccc(Cl)cc21. The Labute approximate surface area is 172 Å². The highest BCUT2D eigenvalue weighted by atomic mass is 35.5. The summed E-state index contributed by atoms with van der Waals surface area (Å²) in [4.78, 5) is 52.2. The molecule has 0 aliphatic carbocycles. The molecule has 3 N–H and O–H groups in total. The summed E-state index contributed by atoms with van der Waals surface area (Å²) in [5.41, 5.74) is -0.384. The Bertz CT molecular complexity index is 935. The maximum Gasteiger partial charge on any atom is 0.303 e. The second-order valence-electron chi connectivity index (χ2n) is 7.94. The Hall–Kier alpha value is -2.45. The average Bonchev–Trinajstić information content (AvgIpc) is 3.25. The number of carboxylic acids is 1. The van der Waals surface area contributed by atoms with Crippen LogP contribution in [0, 0.1) is 11.8 Å². The number of nitrogens with one attached hydrogen (secondary N) is 2. The highest BCUT2D eigenvalue weighted by molar-refractivity contribution is 6.31. The van der Waals surface area contributed by atoms with Gasteiger partial charge in [-0.3, -0.25) is 29.4 Å². The number of fused-ring (bicyclic) bond motifs is 4. The minimum Gasteiger partial charge on any atom is -0.481 e. The maximum absolute atomic E-state index is 13.4. The summed E-state index contributed by atoms with van der Waals surface area (Å²) in [5, 5.41) is 15.5. The van der Waals surface area contributed by atoms with E-state index in [2.05, 4.69) is 10.6 Å². The molecule has 2 fully saturated rings. The van der Waals surface area contributed by atoms with Crippen LogP contribution in [0.3, 0.4) is 0 Å². The lowest BCUT2D eigenvalue weighted by Gasteiger charge is -2.31. The smallest absolute Gasteiger partial charge is 0.303 e. The van der Waals surface area contributed by atoms with Gasteiger partial charge in [-0.1, -0.05) is 18.5 Å². The lowest BCUT2D eigenvalue weighted by Crippen LogP contribution is -2.54. The molecule has 2 saturated heterocycles. The Morgan fingerprint density at radius 3 is 2.69 bits per heavy atom. The predicted molar refractivity (Wildman–Crippen MR) is 104 cm³/mol. The van der Waals surface area contributed by atoms with E-state index in [-0.39, 0.29) is 24.8 Å². The molecule has 0 radical (unpaired) electrons. The Balaban J connectivity index is 1.85. The number of aliphatic carboxylic acids is 1. The van der Waals surface area contributed by atoms with Crippen molar-refractivity contribution in [1.29, 1.82) is 0 Å². The first-order valence-corrected chi connectivity index (χ1v) is 10.1. The molecule has 1 aromatic rings. The van der Waals surface area contributed by atoms with Crippen molar-refractivity contribution in [1.82, 2.24) is 10.2 Å². The van der Waals surface area contributed by atoms with Gasteiger partial charge in [-0.15, -0.1) is 0 Å². The van der Waals surface area contributed by atoms with Crippen LogP contribution in [0.1, 0.15) is 38.7 Å². The van der Waals surface area contributed by atoms with E-state index in [1.807, 2.05) is 6.92 Å². The second-order valence-corrected chi connectivity index (χ2v) is 8.38. The Morgan fingerprint density at radius 1 is 1.31 bits per heavy atom. The van der Waals surface area contributed by atoms with Gasteiger partial charge in [-0.05, 0) is 38.0 Å². The molecular formula is C20H22ClN3O5. The monoisotopic (exact) mass is 419 g/mol. The number of nitrogens with zero attached hydrogens (tertiary/aromatic N) is 1. The molecule has 1 aromatic carbocycles. The minimum atomic E-state index is -1.44. The van der Waals surface area contributed by atoms with Crippen LogP contribution in [-0.2, 0) is 24.7 Å². The number of benzene rings is 1. The van der Waals surface area contributed by atoms with Crippen LogP contribution >= 0.6 is 11.6 Å². The number of halogens is 1. The first-order valence-electron chi connectivity index (χ1n) is 9.70. The van der Waals surface area contributed by atoms with Gasteiger partial charge in [0.15, 0.2) is 0 Å². The van der Waals surface area contributed by atoms with E-state index in [9.17, 15) is 19.2 Å². The molecule has 8 nitrogen and oxygen atoms in total. The predicted octanol–water partition coefficient (Wildman–Crippen LogP) is 1.72. The zero-order valence-corrected chi connectivity index (χ0v) is 16.8. The van der Waals surface area contributed by atoms with Crippen LogP contribution in [0.2, 0.25) is 5.02 Å². The largest absolute Gasteiger partial charge is 0.481 e. The number of anilines is 1. The van der Waals surface area contributed by atoms with Crippen LogP contribution < -0.4 is 10.6 Å². The first-order chi connectivity index (χ1) is 13.7. The van der Waals surface area contributed by atoms with Crippen molar-refractivity contribution in [3.8, 4) is 0 Å². The van der Waals surface area contributed by atoms with Crippen molar-refractivity contribution in [3.05, 3.63) is 28.8 Å². The van der Waals surface area contributed by atoms with Gasteiger partial charge in [-0.2, -0.15) is 0 Å². The summed E-state index contributed by atoms with van der Waals surface area (Å²) >= 11 is 6.17. The van der Waals surface area contributed by atoms with Gasteiger partial charge in [0.2, 0.25) is 17.7 Å². The van der Waals surface area contributed by atoms with Crippen molar-refractivity contribution < 1.29 is 24.3 Å². The number of carboxylic acid groups (broad SMARTS) is 1. The summed E-state index contributed by atoms with van der Waals surface area (Å²) in [6.07, 6.45) is 0.548. The maximum atomic E-state index is 13.4. The summed E-state index contributed by atoms with van der Waals surface area (Å²) in [7, 11) is 0. The van der Waals surface area contributed by atoms with E-state index in [0.29, 0.717) is 22.7 Å². The number of imide groups is 1. The van der Waals surface area contributed by atoms with Gasteiger partial charge in [0.25, 0.3) is 0 Å². The fraction of sp³-hybridized carbons (Fsp3) is 0.500. The number of rotatable bonds is 5.